The number of piperazine rings is 1. The molecule has 2 aliphatic rings. The number of rotatable bonds is 1. The summed E-state index contributed by atoms with van der Waals surface area (Å²) in [4.78, 5) is 4.87. The van der Waals surface area contributed by atoms with E-state index in [-0.39, 0.29) is 0 Å². The molecule has 1 aliphatic heterocycles. The molecule has 3 nitrogen and oxygen atoms in total. The number of nitrogens with zero attached hydrogens (tertiary/aromatic N) is 2. The Morgan fingerprint density at radius 1 is 1.16 bits per heavy atom. The maximum atomic E-state index is 10.1. The molecule has 1 fully saturated rings. The maximum absolute atomic E-state index is 10.1. The van der Waals surface area contributed by atoms with Crippen molar-refractivity contribution in [1.29, 1.82) is 0 Å². The van der Waals surface area contributed by atoms with Gasteiger partial charge in [0.05, 0.1) is 0 Å². The van der Waals surface area contributed by atoms with E-state index in [4.69, 9.17) is 0 Å². The van der Waals surface area contributed by atoms with Gasteiger partial charge in [-0.3, -0.25) is 0 Å². The molecule has 102 valence electrons. The van der Waals surface area contributed by atoms with Gasteiger partial charge in [-0.05, 0) is 0 Å². The van der Waals surface area contributed by atoms with Crippen LogP contribution in [-0.4, -0.2) is 60.1 Å². The first-order valence-corrected chi connectivity index (χ1v) is 8.19. The summed E-state index contributed by atoms with van der Waals surface area (Å²) in [5, 5.41) is 10.1. The first-order valence-electron chi connectivity index (χ1n) is 7.10. The van der Waals surface area contributed by atoms with Gasteiger partial charge in [0.15, 0.2) is 0 Å². The summed E-state index contributed by atoms with van der Waals surface area (Å²) < 4.78 is 0.674. The van der Waals surface area contributed by atoms with Crippen molar-refractivity contribution < 1.29 is 5.11 Å². The second-order valence-corrected chi connectivity index (χ2v) is 7.28. The summed E-state index contributed by atoms with van der Waals surface area (Å²) in [6, 6.07) is 4.00. The third-order valence-corrected chi connectivity index (χ3v) is 5.32. The Morgan fingerprint density at radius 3 is 2.63 bits per heavy atom. The average Bonchev–Trinajstić information content (AvgIpc) is 2.40. The molecule has 0 spiro atoms. The molecular formula is C15H21AsN2O. The van der Waals surface area contributed by atoms with E-state index in [2.05, 4.69) is 39.8 Å². The van der Waals surface area contributed by atoms with Crippen molar-refractivity contribution in [2.45, 2.75) is 24.0 Å². The zero-order valence-corrected chi connectivity index (χ0v) is 13.3. The first kappa shape index (κ1) is 13.3. The van der Waals surface area contributed by atoms with Crippen molar-refractivity contribution >= 4 is 22.5 Å². The van der Waals surface area contributed by atoms with Crippen LogP contribution in [0.1, 0.15) is 17.5 Å². The molecule has 4 heteroatoms. The summed E-state index contributed by atoms with van der Waals surface area (Å²) in [6.45, 7) is 4.44. The van der Waals surface area contributed by atoms with E-state index in [0.717, 1.165) is 39.0 Å². The molecule has 0 unspecified atom stereocenters. The summed E-state index contributed by atoms with van der Waals surface area (Å²) in [5.74, 6) is 0.493. The molecule has 3 rings (SSSR count). The van der Waals surface area contributed by atoms with Gasteiger partial charge in [0, 0.05) is 0 Å². The monoisotopic (exact) mass is 320 g/mol. The van der Waals surface area contributed by atoms with E-state index in [1.54, 1.807) is 0 Å². The van der Waals surface area contributed by atoms with Crippen molar-refractivity contribution in [2.24, 2.45) is 0 Å². The Hall–Kier alpha value is -0.662. The topological polar surface area (TPSA) is 26.7 Å². The molecule has 1 N–H and O–H groups in total. The van der Waals surface area contributed by atoms with E-state index in [1.165, 1.54) is 23.2 Å². The van der Waals surface area contributed by atoms with Crippen LogP contribution < -0.4 is 4.90 Å². The van der Waals surface area contributed by atoms with Gasteiger partial charge in [-0.25, -0.2) is 0 Å². The number of phenols is 1. The van der Waals surface area contributed by atoms with Crippen LogP contribution in [0.25, 0.3) is 0 Å². The molecule has 0 amide bonds. The van der Waals surface area contributed by atoms with Crippen LogP contribution in [0.5, 0.6) is 5.75 Å². The standard InChI is InChI=1S/C15H21AsN2O/c1-17-6-8-18(9-7-17)14-4-5-15(19)12-3-2-11(16)10-13(12)14/h4-5,11,19H,2-3,6-10H2,1H3/t11-/m1/s1. The molecule has 0 aromatic heterocycles. The van der Waals surface area contributed by atoms with Crippen molar-refractivity contribution in [3.05, 3.63) is 23.3 Å². The third-order valence-electron chi connectivity index (χ3n) is 4.39. The van der Waals surface area contributed by atoms with Crippen molar-refractivity contribution in [2.75, 3.05) is 38.1 Å². The number of aromatic hydroxyl groups is 1. The summed E-state index contributed by atoms with van der Waals surface area (Å²) in [6.07, 6.45) is 3.28. The van der Waals surface area contributed by atoms with Crippen LogP contribution in [0, 0.1) is 0 Å². The normalized spacial score (nSPS) is 24.3. The van der Waals surface area contributed by atoms with Crippen molar-refractivity contribution in [1.82, 2.24) is 4.90 Å². The fraction of sp³-hybridized carbons (Fsp3) is 0.600. The van der Waals surface area contributed by atoms with Gasteiger partial charge in [-0.2, -0.15) is 0 Å². The molecule has 1 saturated heterocycles. The Morgan fingerprint density at radius 2 is 1.89 bits per heavy atom. The molecule has 0 saturated carbocycles. The number of anilines is 1. The Bertz CT molecular complexity index is 469. The first-order chi connectivity index (χ1) is 9.15. The molecule has 1 aliphatic carbocycles. The van der Waals surface area contributed by atoms with E-state index in [9.17, 15) is 5.11 Å². The summed E-state index contributed by atoms with van der Waals surface area (Å²) in [7, 11) is 2.18. The molecule has 0 bridgehead atoms. The Kier molecular flexibility index (Phi) is 3.77. The van der Waals surface area contributed by atoms with Gasteiger partial charge < -0.3 is 0 Å². The van der Waals surface area contributed by atoms with Crippen LogP contribution in [-0.2, 0) is 12.8 Å². The van der Waals surface area contributed by atoms with Gasteiger partial charge >= 0.3 is 124 Å². The van der Waals surface area contributed by atoms with Gasteiger partial charge in [0.1, 0.15) is 0 Å². The Labute approximate surface area is 124 Å². The second-order valence-electron chi connectivity index (χ2n) is 5.75. The number of hydrogen-bond donors (Lipinski definition) is 1. The van der Waals surface area contributed by atoms with Gasteiger partial charge in [-0.15, -0.1) is 0 Å². The number of likely N-dealkylation sites (N-methyl/N-ethyl adjacent to an activating group) is 1. The molecule has 1 aromatic carbocycles. The van der Waals surface area contributed by atoms with Crippen LogP contribution >= 0.6 is 0 Å². The molecule has 1 heterocycles. The van der Waals surface area contributed by atoms with Crippen molar-refractivity contribution in [3.63, 3.8) is 0 Å². The van der Waals surface area contributed by atoms with Crippen LogP contribution in [0.15, 0.2) is 12.1 Å². The minimum atomic E-state index is 0.493. The molecule has 2 radical (unpaired) electrons. The van der Waals surface area contributed by atoms with E-state index >= 15 is 0 Å². The van der Waals surface area contributed by atoms with Crippen LogP contribution in [0.4, 0.5) is 5.69 Å². The van der Waals surface area contributed by atoms with E-state index < -0.39 is 0 Å². The van der Waals surface area contributed by atoms with Gasteiger partial charge in [0.2, 0.25) is 0 Å². The van der Waals surface area contributed by atoms with Crippen molar-refractivity contribution in [3.8, 4) is 5.75 Å². The van der Waals surface area contributed by atoms with E-state index in [1.807, 2.05) is 6.07 Å². The zero-order chi connectivity index (χ0) is 13.4. The number of hydrogen-bond acceptors (Lipinski definition) is 3. The third kappa shape index (κ3) is 2.64. The van der Waals surface area contributed by atoms with Gasteiger partial charge in [0.25, 0.3) is 0 Å². The summed E-state index contributed by atoms with van der Waals surface area (Å²) >= 11 is 2.79. The molecule has 1 aromatic rings. The minimum absolute atomic E-state index is 0.493. The number of benzene rings is 1. The average molecular weight is 320 g/mol. The molecule has 1 atom stereocenters. The van der Waals surface area contributed by atoms with E-state index in [0.29, 0.717) is 10.5 Å². The van der Waals surface area contributed by atoms with Crippen LogP contribution in [0.2, 0.25) is 4.71 Å². The zero-order valence-electron chi connectivity index (χ0n) is 11.5. The van der Waals surface area contributed by atoms with Gasteiger partial charge in [-0.1, -0.05) is 0 Å². The number of fused-ring (bicyclic) bond motifs is 1. The Balaban J connectivity index is 1.93. The number of phenolic OH excluding ortho intramolecular Hbond substituents is 1. The quantitative estimate of drug-likeness (QED) is 0.796. The molecular weight excluding hydrogens is 299 g/mol. The molecule has 19 heavy (non-hydrogen) atoms. The predicted molar refractivity (Wildman–Crippen MR) is 79.3 cm³/mol. The second kappa shape index (κ2) is 5.38. The fourth-order valence-corrected chi connectivity index (χ4v) is 3.82. The predicted octanol–water partition coefficient (Wildman–Crippen LogP) is 1.59. The summed E-state index contributed by atoms with van der Waals surface area (Å²) in [5.41, 5.74) is 3.94. The van der Waals surface area contributed by atoms with Crippen LogP contribution in [0.3, 0.4) is 0 Å². The SMILES string of the molecule is CN1CCN(c2ccc(O)c3c2C[C@H]([As])CC3)CC1. The fourth-order valence-electron chi connectivity index (χ4n) is 3.17.